The quantitative estimate of drug-likeness (QED) is 0.797. The van der Waals surface area contributed by atoms with Crippen molar-refractivity contribution in [1.82, 2.24) is 5.32 Å². The molecule has 0 bridgehead atoms. The topological polar surface area (TPSA) is 12.0 Å². The van der Waals surface area contributed by atoms with E-state index in [1.807, 2.05) is 6.92 Å². The van der Waals surface area contributed by atoms with Gasteiger partial charge in [0.2, 0.25) is 0 Å². The second-order valence-electron chi connectivity index (χ2n) is 4.04. The third-order valence-electron chi connectivity index (χ3n) is 2.72. The summed E-state index contributed by atoms with van der Waals surface area (Å²) in [6, 6.07) is 4.82. The van der Waals surface area contributed by atoms with Crippen LogP contribution in [0.25, 0.3) is 0 Å². The van der Waals surface area contributed by atoms with Gasteiger partial charge in [-0.1, -0.05) is 18.5 Å². The van der Waals surface area contributed by atoms with E-state index in [-0.39, 0.29) is 11.9 Å². The van der Waals surface area contributed by atoms with E-state index >= 15 is 0 Å². The Morgan fingerprint density at radius 1 is 1.38 bits per heavy atom. The highest BCUT2D eigenvalue weighted by Crippen LogP contribution is 2.15. The molecule has 0 saturated carbocycles. The molecular formula is C12H16Cl2FN. The van der Waals surface area contributed by atoms with Crippen molar-refractivity contribution in [1.29, 1.82) is 0 Å². The molecule has 1 rings (SSSR count). The van der Waals surface area contributed by atoms with Gasteiger partial charge < -0.3 is 5.32 Å². The van der Waals surface area contributed by atoms with E-state index < -0.39 is 0 Å². The second-order valence-corrected chi connectivity index (χ2v) is 4.78. The molecule has 0 amide bonds. The highest BCUT2D eigenvalue weighted by atomic mass is 35.5. The van der Waals surface area contributed by atoms with Crippen LogP contribution in [0.1, 0.15) is 19.4 Å². The van der Waals surface area contributed by atoms with Crippen LogP contribution in [0.3, 0.4) is 0 Å². The second kappa shape index (κ2) is 6.43. The molecule has 0 fully saturated rings. The van der Waals surface area contributed by atoms with Crippen LogP contribution >= 0.6 is 23.2 Å². The van der Waals surface area contributed by atoms with E-state index in [1.165, 1.54) is 6.07 Å². The summed E-state index contributed by atoms with van der Waals surface area (Å²) in [4.78, 5) is 0. The fourth-order valence-electron chi connectivity index (χ4n) is 1.28. The molecule has 2 atom stereocenters. The van der Waals surface area contributed by atoms with Crippen LogP contribution in [0.4, 0.5) is 4.39 Å². The Balaban J connectivity index is 2.57. The molecule has 4 heteroatoms. The lowest BCUT2D eigenvalue weighted by molar-refractivity contribution is 0.425. The van der Waals surface area contributed by atoms with E-state index in [4.69, 9.17) is 23.2 Å². The number of halogens is 3. The Morgan fingerprint density at radius 3 is 2.69 bits per heavy atom. The smallest absolute Gasteiger partial charge is 0.127 e. The molecular weight excluding hydrogens is 248 g/mol. The first-order valence-electron chi connectivity index (χ1n) is 5.28. The third kappa shape index (κ3) is 3.93. The van der Waals surface area contributed by atoms with Gasteiger partial charge in [-0.3, -0.25) is 0 Å². The van der Waals surface area contributed by atoms with Crippen LogP contribution in [0.2, 0.25) is 5.02 Å². The van der Waals surface area contributed by atoms with Crippen LogP contribution < -0.4 is 5.32 Å². The Morgan fingerprint density at radius 2 is 2.06 bits per heavy atom. The lowest BCUT2D eigenvalue weighted by Gasteiger charge is -2.19. The van der Waals surface area contributed by atoms with Crippen LogP contribution in [0.5, 0.6) is 0 Å². The van der Waals surface area contributed by atoms with Crippen molar-refractivity contribution in [2.24, 2.45) is 5.92 Å². The van der Waals surface area contributed by atoms with Gasteiger partial charge in [-0.25, -0.2) is 4.39 Å². The average molecular weight is 264 g/mol. The Bertz CT molecular complexity index is 344. The summed E-state index contributed by atoms with van der Waals surface area (Å²) in [6.45, 7) is 4.56. The number of benzene rings is 1. The summed E-state index contributed by atoms with van der Waals surface area (Å²) < 4.78 is 13.4. The molecule has 1 aromatic carbocycles. The van der Waals surface area contributed by atoms with E-state index in [2.05, 4.69) is 12.2 Å². The number of hydrogen-bond acceptors (Lipinski definition) is 1. The Hall–Kier alpha value is -0.310. The van der Waals surface area contributed by atoms with Gasteiger partial charge in [0.1, 0.15) is 5.82 Å². The summed E-state index contributed by atoms with van der Waals surface area (Å²) in [5, 5.41) is 3.79. The average Bonchev–Trinajstić information content (AvgIpc) is 2.28. The summed E-state index contributed by atoms with van der Waals surface area (Å²) in [7, 11) is 0. The van der Waals surface area contributed by atoms with Crippen molar-refractivity contribution in [3.05, 3.63) is 34.6 Å². The Labute approximate surface area is 106 Å². The molecule has 1 nitrogen and oxygen atoms in total. The molecule has 0 heterocycles. The minimum absolute atomic E-state index is 0.234. The maximum Gasteiger partial charge on any atom is 0.127 e. The lowest BCUT2D eigenvalue weighted by Crippen LogP contribution is -2.32. The fraction of sp³-hybridized carbons (Fsp3) is 0.500. The minimum atomic E-state index is -0.234. The van der Waals surface area contributed by atoms with Gasteiger partial charge in [0.15, 0.2) is 0 Å². The van der Waals surface area contributed by atoms with Crippen LogP contribution in [0.15, 0.2) is 18.2 Å². The molecule has 0 aliphatic carbocycles. The molecule has 0 aromatic heterocycles. The van der Waals surface area contributed by atoms with Crippen molar-refractivity contribution in [2.75, 3.05) is 5.88 Å². The van der Waals surface area contributed by atoms with Crippen LogP contribution in [-0.2, 0) is 6.54 Å². The maximum atomic E-state index is 13.4. The van der Waals surface area contributed by atoms with Gasteiger partial charge in [0.25, 0.3) is 0 Å². The minimum Gasteiger partial charge on any atom is -0.310 e. The molecule has 1 aromatic rings. The zero-order valence-corrected chi connectivity index (χ0v) is 10.9. The van der Waals surface area contributed by atoms with Crippen molar-refractivity contribution >= 4 is 23.2 Å². The number of rotatable bonds is 5. The van der Waals surface area contributed by atoms with Crippen molar-refractivity contribution in [3.63, 3.8) is 0 Å². The first-order chi connectivity index (χ1) is 7.54. The molecule has 0 radical (unpaired) electrons. The van der Waals surface area contributed by atoms with Gasteiger partial charge in [0.05, 0.1) is 0 Å². The normalized spacial score (nSPS) is 14.8. The van der Waals surface area contributed by atoms with Gasteiger partial charge in [-0.05, 0) is 31.0 Å². The van der Waals surface area contributed by atoms with E-state index in [9.17, 15) is 4.39 Å². The number of hydrogen-bond donors (Lipinski definition) is 1. The molecule has 16 heavy (non-hydrogen) atoms. The maximum absolute atomic E-state index is 13.4. The largest absolute Gasteiger partial charge is 0.310 e. The fourth-order valence-corrected chi connectivity index (χ4v) is 1.75. The van der Waals surface area contributed by atoms with Gasteiger partial charge in [0, 0.05) is 29.1 Å². The molecule has 2 unspecified atom stereocenters. The van der Waals surface area contributed by atoms with Gasteiger partial charge >= 0.3 is 0 Å². The SMILES string of the molecule is CC(CCl)C(C)NCc1cc(Cl)ccc1F. The lowest BCUT2D eigenvalue weighted by atomic mass is 10.1. The predicted molar refractivity (Wildman–Crippen MR) is 67.6 cm³/mol. The standard InChI is InChI=1S/C12H16Cl2FN/c1-8(6-13)9(2)16-7-10-5-11(14)3-4-12(10)15/h3-5,8-9,16H,6-7H2,1-2H3. The summed E-state index contributed by atoms with van der Waals surface area (Å²) in [6.07, 6.45) is 0. The van der Waals surface area contributed by atoms with Gasteiger partial charge in [-0.2, -0.15) is 0 Å². The molecule has 0 aliphatic rings. The summed E-state index contributed by atoms with van der Waals surface area (Å²) in [5.74, 6) is 0.707. The van der Waals surface area contributed by atoms with E-state index in [0.29, 0.717) is 28.9 Å². The van der Waals surface area contributed by atoms with Crippen LogP contribution in [0, 0.1) is 11.7 Å². The molecule has 0 aliphatic heterocycles. The first kappa shape index (κ1) is 13.8. The highest BCUT2D eigenvalue weighted by molar-refractivity contribution is 6.30. The van der Waals surface area contributed by atoms with Crippen molar-refractivity contribution in [2.45, 2.75) is 26.4 Å². The van der Waals surface area contributed by atoms with E-state index in [0.717, 1.165) is 0 Å². The number of nitrogens with one attached hydrogen (secondary N) is 1. The number of alkyl halides is 1. The Kier molecular flexibility index (Phi) is 5.53. The van der Waals surface area contributed by atoms with E-state index in [1.54, 1.807) is 12.1 Å². The summed E-state index contributed by atoms with van der Waals surface area (Å²) in [5.41, 5.74) is 0.584. The zero-order chi connectivity index (χ0) is 12.1. The molecule has 90 valence electrons. The van der Waals surface area contributed by atoms with Gasteiger partial charge in [-0.15, -0.1) is 11.6 Å². The first-order valence-corrected chi connectivity index (χ1v) is 6.19. The third-order valence-corrected chi connectivity index (χ3v) is 3.44. The highest BCUT2D eigenvalue weighted by Gasteiger charge is 2.11. The monoisotopic (exact) mass is 263 g/mol. The molecule has 0 saturated heterocycles. The van der Waals surface area contributed by atoms with Crippen molar-refractivity contribution in [3.8, 4) is 0 Å². The van der Waals surface area contributed by atoms with Crippen molar-refractivity contribution < 1.29 is 4.39 Å². The molecule has 1 N–H and O–H groups in total. The zero-order valence-electron chi connectivity index (χ0n) is 9.43. The predicted octanol–water partition coefficient (Wildman–Crippen LogP) is 3.83. The van der Waals surface area contributed by atoms with Crippen LogP contribution in [-0.4, -0.2) is 11.9 Å². The summed E-state index contributed by atoms with van der Waals surface area (Å²) >= 11 is 11.6. The molecule has 0 spiro atoms.